The van der Waals surface area contributed by atoms with Crippen LogP contribution in [0, 0.1) is 6.92 Å². The van der Waals surface area contributed by atoms with Crippen LogP contribution in [-0.4, -0.2) is 16.3 Å². The molecule has 0 amide bonds. The van der Waals surface area contributed by atoms with Crippen molar-refractivity contribution in [3.8, 4) is 0 Å². The SMILES string of the molecule is Cc1cnc(/C=C2/c3ccccc3NC2O)s1. The summed E-state index contributed by atoms with van der Waals surface area (Å²) in [6.07, 6.45) is 3.15. The van der Waals surface area contributed by atoms with E-state index in [0.717, 1.165) is 21.8 Å². The summed E-state index contributed by atoms with van der Waals surface area (Å²) >= 11 is 1.62. The lowest BCUT2D eigenvalue weighted by Gasteiger charge is -2.03. The van der Waals surface area contributed by atoms with Crippen molar-refractivity contribution in [3.63, 3.8) is 0 Å². The summed E-state index contributed by atoms with van der Waals surface area (Å²) in [5, 5.41) is 13.9. The van der Waals surface area contributed by atoms with Crippen molar-refractivity contribution in [1.29, 1.82) is 0 Å². The maximum Gasteiger partial charge on any atom is 0.151 e. The van der Waals surface area contributed by atoms with Gasteiger partial charge < -0.3 is 10.4 Å². The van der Waals surface area contributed by atoms with Crippen LogP contribution in [0.2, 0.25) is 0 Å². The van der Waals surface area contributed by atoms with Crippen LogP contribution in [0.3, 0.4) is 0 Å². The second-order valence-electron chi connectivity index (χ2n) is 4.00. The fourth-order valence-corrected chi connectivity index (χ4v) is 2.69. The van der Waals surface area contributed by atoms with E-state index in [1.54, 1.807) is 11.3 Å². The van der Waals surface area contributed by atoms with Crippen LogP contribution in [-0.2, 0) is 0 Å². The summed E-state index contributed by atoms with van der Waals surface area (Å²) in [4.78, 5) is 5.46. The van der Waals surface area contributed by atoms with Crippen molar-refractivity contribution in [2.45, 2.75) is 13.2 Å². The predicted molar refractivity (Wildman–Crippen MR) is 70.8 cm³/mol. The minimum absolute atomic E-state index is 0.642. The number of nitrogens with one attached hydrogen (secondary N) is 1. The molecule has 1 atom stereocenters. The Morgan fingerprint density at radius 1 is 1.41 bits per heavy atom. The molecule has 2 heterocycles. The van der Waals surface area contributed by atoms with Crippen LogP contribution >= 0.6 is 11.3 Å². The number of anilines is 1. The van der Waals surface area contributed by atoms with Crippen LogP contribution in [0.25, 0.3) is 11.6 Å². The highest BCUT2D eigenvalue weighted by atomic mass is 32.1. The van der Waals surface area contributed by atoms with E-state index < -0.39 is 6.23 Å². The summed E-state index contributed by atoms with van der Waals surface area (Å²) in [5.74, 6) is 0. The molecule has 0 radical (unpaired) electrons. The minimum atomic E-state index is -0.642. The van der Waals surface area contributed by atoms with E-state index >= 15 is 0 Å². The first kappa shape index (κ1) is 10.5. The highest BCUT2D eigenvalue weighted by molar-refractivity contribution is 7.12. The zero-order valence-electron chi connectivity index (χ0n) is 9.34. The van der Waals surface area contributed by atoms with Crippen molar-refractivity contribution < 1.29 is 5.11 Å². The Balaban J connectivity index is 2.06. The average molecular weight is 244 g/mol. The van der Waals surface area contributed by atoms with Gasteiger partial charge in [-0.15, -0.1) is 11.3 Å². The van der Waals surface area contributed by atoms with Gasteiger partial charge in [-0.2, -0.15) is 0 Å². The molecule has 0 fully saturated rings. The monoisotopic (exact) mass is 244 g/mol. The maximum atomic E-state index is 9.98. The minimum Gasteiger partial charge on any atom is -0.369 e. The van der Waals surface area contributed by atoms with Gasteiger partial charge in [-0.25, -0.2) is 4.98 Å². The Kier molecular flexibility index (Phi) is 2.46. The van der Waals surface area contributed by atoms with Crippen LogP contribution in [0.1, 0.15) is 15.4 Å². The molecule has 1 aromatic carbocycles. The summed E-state index contributed by atoms with van der Waals surface area (Å²) in [6, 6.07) is 7.89. The van der Waals surface area contributed by atoms with E-state index in [1.165, 1.54) is 4.88 Å². The number of nitrogens with zero attached hydrogens (tertiary/aromatic N) is 1. The third-order valence-corrected chi connectivity index (χ3v) is 3.60. The fraction of sp³-hybridized carbons (Fsp3) is 0.154. The van der Waals surface area contributed by atoms with Gasteiger partial charge in [0.05, 0.1) is 0 Å². The van der Waals surface area contributed by atoms with Crippen molar-refractivity contribution in [2.75, 3.05) is 5.32 Å². The Morgan fingerprint density at radius 3 is 3.00 bits per heavy atom. The van der Waals surface area contributed by atoms with Gasteiger partial charge in [-0.05, 0) is 19.1 Å². The summed E-state index contributed by atoms with van der Waals surface area (Å²) < 4.78 is 0. The molecule has 1 aliphatic heterocycles. The number of thiazole rings is 1. The van der Waals surface area contributed by atoms with Gasteiger partial charge in [0.25, 0.3) is 0 Å². The molecular formula is C13H12N2OS. The van der Waals surface area contributed by atoms with Crippen molar-refractivity contribution >= 4 is 28.7 Å². The van der Waals surface area contributed by atoms with E-state index in [2.05, 4.69) is 10.3 Å². The standard InChI is InChI=1S/C13H12N2OS/c1-8-7-14-12(17-8)6-10-9-4-2-3-5-11(9)15-13(10)16/h2-7,13,15-16H,1H3/b10-6-. The topological polar surface area (TPSA) is 45.2 Å². The number of aliphatic hydroxyl groups excluding tert-OH is 1. The van der Waals surface area contributed by atoms with Crippen molar-refractivity contribution in [1.82, 2.24) is 4.98 Å². The highest BCUT2D eigenvalue weighted by Crippen LogP contribution is 2.35. The van der Waals surface area contributed by atoms with E-state index in [1.807, 2.05) is 43.5 Å². The van der Waals surface area contributed by atoms with E-state index in [9.17, 15) is 5.11 Å². The number of hydrogen-bond donors (Lipinski definition) is 2. The fourth-order valence-electron chi connectivity index (χ4n) is 1.96. The zero-order chi connectivity index (χ0) is 11.8. The lowest BCUT2D eigenvalue weighted by atomic mass is 10.1. The molecule has 3 rings (SSSR count). The van der Waals surface area contributed by atoms with E-state index in [0.29, 0.717) is 0 Å². The molecule has 86 valence electrons. The van der Waals surface area contributed by atoms with Crippen LogP contribution in [0.4, 0.5) is 5.69 Å². The first-order valence-corrected chi connectivity index (χ1v) is 6.24. The zero-order valence-corrected chi connectivity index (χ0v) is 10.2. The molecular weight excluding hydrogens is 232 g/mol. The van der Waals surface area contributed by atoms with Gasteiger partial charge in [-0.3, -0.25) is 0 Å². The van der Waals surface area contributed by atoms with Gasteiger partial charge in [0, 0.05) is 27.9 Å². The average Bonchev–Trinajstić information content (AvgIpc) is 2.85. The molecule has 1 aliphatic rings. The third-order valence-electron chi connectivity index (χ3n) is 2.74. The quantitative estimate of drug-likeness (QED) is 0.810. The number of aromatic nitrogens is 1. The molecule has 0 bridgehead atoms. The number of fused-ring (bicyclic) bond motifs is 1. The Bertz CT molecular complexity index is 589. The molecule has 17 heavy (non-hydrogen) atoms. The van der Waals surface area contributed by atoms with Gasteiger partial charge in [0.1, 0.15) is 5.01 Å². The number of rotatable bonds is 1. The lowest BCUT2D eigenvalue weighted by Crippen LogP contribution is -2.12. The molecule has 0 saturated heterocycles. The first-order valence-electron chi connectivity index (χ1n) is 5.42. The lowest BCUT2D eigenvalue weighted by molar-refractivity contribution is 0.266. The molecule has 4 heteroatoms. The third kappa shape index (κ3) is 1.85. The van der Waals surface area contributed by atoms with Gasteiger partial charge in [0.15, 0.2) is 6.23 Å². The van der Waals surface area contributed by atoms with E-state index in [-0.39, 0.29) is 0 Å². The second kappa shape index (κ2) is 3.98. The number of aryl methyl sites for hydroxylation is 1. The molecule has 3 nitrogen and oxygen atoms in total. The van der Waals surface area contributed by atoms with Crippen molar-refractivity contribution in [3.05, 3.63) is 45.9 Å². The summed E-state index contributed by atoms with van der Waals surface area (Å²) in [5.41, 5.74) is 2.90. The highest BCUT2D eigenvalue weighted by Gasteiger charge is 2.23. The summed E-state index contributed by atoms with van der Waals surface area (Å²) in [6.45, 7) is 2.02. The van der Waals surface area contributed by atoms with E-state index in [4.69, 9.17) is 0 Å². The van der Waals surface area contributed by atoms with Gasteiger partial charge in [-0.1, -0.05) is 18.2 Å². The van der Waals surface area contributed by atoms with Crippen LogP contribution in [0.5, 0.6) is 0 Å². The smallest absolute Gasteiger partial charge is 0.151 e. The number of hydrogen-bond acceptors (Lipinski definition) is 4. The predicted octanol–water partition coefficient (Wildman–Crippen LogP) is 2.74. The number of para-hydroxylation sites is 1. The molecule has 0 spiro atoms. The largest absolute Gasteiger partial charge is 0.369 e. The van der Waals surface area contributed by atoms with Gasteiger partial charge in [0.2, 0.25) is 0 Å². The van der Waals surface area contributed by atoms with Crippen LogP contribution in [0.15, 0.2) is 30.5 Å². The maximum absolute atomic E-state index is 9.98. The number of aliphatic hydroxyl groups is 1. The summed E-state index contributed by atoms with van der Waals surface area (Å²) in [7, 11) is 0. The Hall–Kier alpha value is -1.65. The molecule has 1 unspecified atom stereocenters. The normalized spacial score (nSPS) is 20.4. The molecule has 0 aliphatic carbocycles. The van der Waals surface area contributed by atoms with Crippen molar-refractivity contribution in [2.24, 2.45) is 0 Å². The Labute approximate surface area is 103 Å². The van der Waals surface area contributed by atoms with Crippen LogP contribution < -0.4 is 5.32 Å². The first-order chi connectivity index (χ1) is 8.24. The Morgan fingerprint density at radius 2 is 2.24 bits per heavy atom. The molecule has 2 aromatic rings. The molecule has 1 aromatic heterocycles. The number of benzene rings is 1. The molecule has 0 saturated carbocycles. The molecule has 2 N–H and O–H groups in total. The van der Waals surface area contributed by atoms with Gasteiger partial charge >= 0.3 is 0 Å². The second-order valence-corrected chi connectivity index (χ2v) is 5.27.